The molecule has 20 heavy (non-hydrogen) atoms. The fraction of sp³-hybridized carbons (Fsp3) is 0.733. The van der Waals surface area contributed by atoms with E-state index < -0.39 is 0 Å². The predicted molar refractivity (Wildman–Crippen MR) is 78.7 cm³/mol. The molecule has 1 N–H and O–H groups in total. The zero-order valence-corrected chi connectivity index (χ0v) is 12.2. The Labute approximate surface area is 120 Å². The number of rotatable bonds is 9. The van der Waals surface area contributed by atoms with E-state index in [0.717, 1.165) is 43.7 Å². The molecule has 2 saturated carbocycles. The Balaban J connectivity index is 1.42. The summed E-state index contributed by atoms with van der Waals surface area (Å²) in [5.41, 5.74) is 1.01. The van der Waals surface area contributed by atoms with Crippen molar-refractivity contribution in [3.05, 3.63) is 18.1 Å². The third-order valence-corrected chi connectivity index (χ3v) is 3.83. The number of nitrogens with zero attached hydrogens (tertiary/aromatic N) is 3. The molecule has 0 amide bonds. The van der Waals surface area contributed by atoms with Crippen molar-refractivity contribution in [1.29, 1.82) is 0 Å². The molecule has 1 aromatic heterocycles. The highest BCUT2D eigenvalue weighted by Crippen LogP contribution is 2.28. The molecule has 0 aliphatic heterocycles. The molecular formula is C15H24N4O. The van der Waals surface area contributed by atoms with Gasteiger partial charge in [-0.2, -0.15) is 0 Å². The van der Waals surface area contributed by atoms with Gasteiger partial charge in [0.05, 0.1) is 18.5 Å². The van der Waals surface area contributed by atoms with Crippen molar-refractivity contribution in [1.82, 2.24) is 15.3 Å². The fourth-order valence-electron chi connectivity index (χ4n) is 2.05. The van der Waals surface area contributed by atoms with Crippen LogP contribution in [0.1, 0.15) is 31.4 Å². The molecule has 0 spiro atoms. The standard InChI is InChI=1S/C15H24N4O/c1-19(6-7-20-11-12-2-3-12)15-10-16-8-14(18-15)9-17-13-4-5-13/h8,10,12-13,17H,2-7,9,11H2,1H3. The van der Waals surface area contributed by atoms with Gasteiger partial charge in [0.1, 0.15) is 5.82 Å². The summed E-state index contributed by atoms with van der Waals surface area (Å²) >= 11 is 0. The van der Waals surface area contributed by atoms with Crippen LogP contribution in [0.5, 0.6) is 0 Å². The molecule has 110 valence electrons. The Morgan fingerprint density at radius 3 is 2.90 bits per heavy atom. The summed E-state index contributed by atoms with van der Waals surface area (Å²) in [5, 5.41) is 3.47. The van der Waals surface area contributed by atoms with Crippen LogP contribution in [0, 0.1) is 5.92 Å². The van der Waals surface area contributed by atoms with Crippen molar-refractivity contribution < 1.29 is 4.74 Å². The SMILES string of the molecule is CN(CCOCC1CC1)c1cncc(CNC2CC2)n1. The van der Waals surface area contributed by atoms with Crippen LogP contribution < -0.4 is 10.2 Å². The van der Waals surface area contributed by atoms with Crippen molar-refractivity contribution in [3.8, 4) is 0 Å². The summed E-state index contributed by atoms with van der Waals surface area (Å²) in [6.07, 6.45) is 8.95. The van der Waals surface area contributed by atoms with Crippen LogP contribution in [0.25, 0.3) is 0 Å². The predicted octanol–water partition coefficient (Wildman–Crippen LogP) is 1.59. The minimum absolute atomic E-state index is 0.703. The number of likely N-dealkylation sites (N-methyl/N-ethyl adjacent to an activating group) is 1. The van der Waals surface area contributed by atoms with Crippen LogP contribution in [0.15, 0.2) is 12.4 Å². The van der Waals surface area contributed by atoms with Gasteiger partial charge >= 0.3 is 0 Å². The third-order valence-electron chi connectivity index (χ3n) is 3.83. The lowest BCUT2D eigenvalue weighted by molar-refractivity contribution is 0.130. The zero-order chi connectivity index (χ0) is 13.8. The Kier molecular flexibility index (Phi) is 4.47. The first-order valence-corrected chi connectivity index (χ1v) is 7.64. The highest BCUT2D eigenvalue weighted by atomic mass is 16.5. The molecule has 3 rings (SSSR count). The maximum Gasteiger partial charge on any atom is 0.147 e. The molecule has 5 heteroatoms. The first-order chi connectivity index (χ1) is 9.81. The molecule has 0 saturated heterocycles. The van der Waals surface area contributed by atoms with E-state index in [0.29, 0.717) is 6.04 Å². The van der Waals surface area contributed by atoms with E-state index in [2.05, 4.69) is 20.2 Å². The maximum absolute atomic E-state index is 5.66. The number of hydrogen-bond acceptors (Lipinski definition) is 5. The molecule has 2 aliphatic rings. The number of anilines is 1. The van der Waals surface area contributed by atoms with Crippen molar-refractivity contribution in [2.45, 2.75) is 38.3 Å². The van der Waals surface area contributed by atoms with E-state index in [1.54, 1.807) is 0 Å². The Hall–Kier alpha value is -1.20. The largest absolute Gasteiger partial charge is 0.379 e. The first-order valence-electron chi connectivity index (χ1n) is 7.64. The third kappa shape index (κ3) is 4.42. The summed E-state index contributed by atoms with van der Waals surface area (Å²) in [4.78, 5) is 11.0. The number of ether oxygens (including phenoxy) is 1. The first kappa shape index (κ1) is 13.8. The number of aromatic nitrogens is 2. The molecule has 0 atom stereocenters. The minimum atomic E-state index is 0.703. The second-order valence-electron chi connectivity index (χ2n) is 5.96. The van der Waals surface area contributed by atoms with E-state index in [4.69, 9.17) is 4.74 Å². The smallest absolute Gasteiger partial charge is 0.147 e. The topological polar surface area (TPSA) is 50.3 Å². The fourth-order valence-corrected chi connectivity index (χ4v) is 2.05. The summed E-state index contributed by atoms with van der Waals surface area (Å²) in [7, 11) is 2.04. The van der Waals surface area contributed by atoms with Gasteiger partial charge in [0.2, 0.25) is 0 Å². The highest BCUT2D eigenvalue weighted by Gasteiger charge is 2.21. The van der Waals surface area contributed by atoms with E-state index in [1.807, 2.05) is 19.4 Å². The molecule has 1 heterocycles. The molecule has 0 bridgehead atoms. The summed E-state index contributed by atoms with van der Waals surface area (Å²) in [6, 6.07) is 0.703. The molecule has 1 aromatic rings. The van der Waals surface area contributed by atoms with Crippen LogP contribution in [0.3, 0.4) is 0 Å². The van der Waals surface area contributed by atoms with Crippen LogP contribution in [0.4, 0.5) is 5.82 Å². The number of nitrogens with one attached hydrogen (secondary N) is 1. The highest BCUT2D eigenvalue weighted by molar-refractivity contribution is 5.34. The summed E-state index contributed by atoms with van der Waals surface area (Å²) < 4.78 is 5.66. The molecule has 0 aromatic carbocycles. The second kappa shape index (κ2) is 6.50. The van der Waals surface area contributed by atoms with Crippen LogP contribution >= 0.6 is 0 Å². The molecular weight excluding hydrogens is 252 g/mol. The summed E-state index contributed by atoms with van der Waals surface area (Å²) in [6.45, 7) is 3.36. The average Bonchev–Trinajstić information content (AvgIpc) is 3.36. The zero-order valence-electron chi connectivity index (χ0n) is 12.2. The van der Waals surface area contributed by atoms with Crippen molar-refractivity contribution >= 4 is 5.82 Å². The molecule has 0 unspecified atom stereocenters. The Bertz CT molecular complexity index is 432. The normalized spacial score (nSPS) is 18.2. The quantitative estimate of drug-likeness (QED) is 0.694. The summed E-state index contributed by atoms with van der Waals surface area (Å²) in [5.74, 6) is 1.76. The van der Waals surface area contributed by atoms with Gasteiger partial charge in [-0.05, 0) is 31.6 Å². The van der Waals surface area contributed by atoms with E-state index in [9.17, 15) is 0 Å². The lowest BCUT2D eigenvalue weighted by Gasteiger charge is -2.18. The van der Waals surface area contributed by atoms with Crippen LogP contribution in [-0.2, 0) is 11.3 Å². The Morgan fingerprint density at radius 1 is 1.30 bits per heavy atom. The average molecular weight is 276 g/mol. The monoisotopic (exact) mass is 276 g/mol. The van der Waals surface area contributed by atoms with E-state index in [1.165, 1.54) is 25.7 Å². The van der Waals surface area contributed by atoms with Gasteiger partial charge in [0, 0.05) is 39.0 Å². The van der Waals surface area contributed by atoms with Crippen LogP contribution in [-0.4, -0.2) is 42.8 Å². The Morgan fingerprint density at radius 2 is 2.15 bits per heavy atom. The molecule has 2 fully saturated rings. The minimum Gasteiger partial charge on any atom is -0.379 e. The molecule has 5 nitrogen and oxygen atoms in total. The molecule has 0 radical (unpaired) electrons. The molecule has 2 aliphatic carbocycles. The van der Waals surface area contributed by atoms with E-state index in [-0.39, 0.29) is 0 Å². The van der Waals surface area contributed by atoms with Gasteiger partial charge in [-0.1, -0.05) is 0 Å². The van der Waals surface area contributed by atoms with Gasteiger partial charge in [-0.3, -0.25) is 4.98 Å². The van der Waals surface area contributed by atoms with Crippen molar-refractivity contribution in [2.75, 3.05) is 31.7 Å². The van der Waals surface area contributed by atoms with Crippen LogP contribution in [0.2, 0.25) is 0 Å². The van der Waals surface area contributed by atoms with Gasteiger partial charge in [0.15, 0.2) is 0 Å². The van der Waals surface area contributed by atoms with E-state index >= 15 is 0 Å². The van der Waals surface area contributed by atoms with Gasteiger partial charge in [0.25, 0.3) is 0 Å². The van der Waals surface area contributed by atoms with Gasteiger partial charge in [-0.25, -0.2) is 4.98 Å². The maximum atomic E-state index is 5.66. The lowest BCUT2D eigenvalue weighted by atomic mass is 10.4. The van der Waals surface area contributed by atoms with Crippen molar-refractivity contribution in [2.24, 2.45) is 5.92 Å². The van der Waals surface area contributed by atoms with Gasteiger partial charge < -0.3 is 15.0 Å². The number of hydrogen-bond donors (Lipinski definition) is 1. The lowest BCUT2D eigenvalue weighted by Crippen LogP contribution is -2.25. The van der Waals surface area contributed by atoms with Crippen molar-refractivity contribution in [3.63, 3.8) is 0 Å². The second-order valence-corrected chi connectivity index (χ2v) is 5.96. The van der Waals surface area contributed by atoms with Gasteiger partial charge in [-0.15, -0.1) is 0 Å².